The number of aliphatic hydroxyl groups excluding tert-OH is 1. The summed E-state index contributed by atoms with van der Waals surface area (Å²) in [5.74, 6) is 0.478. The third-order valence-electron chi connectivity index (χ3n) is 7.48. The Hall–Kier alpha value is -3.81. The van der Waals surface area contributed by atoms with Crippen LogP contribution in [0.5, 0.6) is 5.75 Å². The van der Waals surface area contributed by atoms with Gasteiger partial charge in [0.25, 0.3) is 0 Å². The van der Waals surface area contributed by atoms with E-state index in [0.717, 1.165) is 55.4 Å². The molecule has 2 heterocycles. The zero-order valence-electron chi connectivity index (χ0n) is 23.5. The fraction of sp³-hybridized carbons (Fsp3) is 0.312. The fourth-order valence-electron chi connectivity index (χ4n) is 5.63. The molecule has 0 atom stereocenters. The molecular weight excluding hydrogens is 526 g/mol. The highest BCUT2D eigenvalue weighted by atomic mass is 35.5. The molecule has 5 rings (SSSR count). The molecule has 2 aromatic heterocycles. The Morgan fingerprint density at radius 3 is 2.58 bits per heavy atom. The van der Waals surface area contributed by atoms with E-state index in [1.807, 2.05) is 49.9 Å². The van der Waals surface area contributed by atoms with E-state index in [9.17, 15) is 9.90 Å². The van der Waals surface area contributed by atoms with Gasteiger partial charge in [-0.15, -0.1) is 0 Å². The van der Waals surface area contributed by atoms with Crippen LogP contribution in [0.4, 0.5) is 0 Å². The van der Waals surface area contributed by atoms with Crippen LogP contribution >= 0.6 is 11.6 Å². The quantitative estimate of drug-likeness (QED) is 0.161. The van der Waals surface area contributed by atoms with Gasteiger partial charge >= 0.3 is 5.97 Å². The van der Waals surface area contributed by atoms with Crippen LogP contribution in [0.1, 0.15) is 46.3 Å². The van der Waals surface area contributed by atoms with Crippen molar-refractivity contribution >= 4 is 39.2 Å². The second-order valence-electron chi connectivity index (χ2n) is 10.1. The van der Waals surface area contributed by atoms with Gasteiger partial charge in [0.1, 0.15) is 11.4 Å². The molecule has 3 aromatic carbocycles. The van der Waals surface area contributed by atoms with Gasteiger partial charge in [-0.1, -0.05) is 48.0 Å². The van der Waals surface area contributed by atoms with Crippen LogP contribution in [0.3, 0.4) is 0 Å². The number of rotatable bonds is 9. The van der Waals surface area contributed by atoms with Gasteiger partial charge in [0, 0.05) is 41.7 Å². The maximum absolute atomic E-state index is 13.3. The molecular formula is C32H34ClN3O4. The van der Waals surface area contributed by atoms with Gasteiger partial charge < -0.3 is 19.1 Å². The Balaban J connectivity index is 1.55. The van der Waals surface area contributed by atoms with E-state index < -0.39 is 0 Å². The molecule has 0 saturated heterocycles. The lowest BCUT2D eigenvalue weighted by atomic mass is 9.98. The minimum absolute atomic E-state index is 0.225. The number of hydrogen-bond acceptors (Lipinski definition) is 5. The lowest BCUT2D eigenvalue weighted by Crippen LogP contribution is -2.13. The van der Waals surface area contributed by atoms with Gasteiger partial charge in [-0.05, 0) is 62.3 Å². The third-order valence-corrected chi connectivity index (χ3v) is 7.80. The Kier molecular flexibility index (Phi) is 7.88. The van der Waals surface area contributed by atoms with Gasteiger partial charge in [-0.25, -0.2) is 4.79 Å². The van der Waals surface area contributed by atoms with E-state index >= 15 is 0 Å². The second-order valence-corrected chi connectivity index (χ2v) is 10.5. The van der Waals surface area contributed by atoms with Gasteiger partial charge in [-0.3, -0.25) is 4.68 Å². The van der Waals surface area contributed by atoms with Gasteiger partial charge in [0.15, 0.2) is 0 Å². The first-order valence-electron chi connectivity index (χ1n) is 13.5. The smallest absolute Gasteiger partial charge is 0.355 e. The standard InChI is InChI=1S/C32H34ClN3O4/c1-6-39-32(38)31-23(12-9-15-40-27-17-19(2)16-21-10-7-8-11-22(21)27)24-13-14-25(33)29(30(24)35(31)4)28-20(3)36(5)34-26(28)18-37/h7-8,10-11,13-14,16-17,37H,6,9,12,15,18H2,1-5H3. The maximum Gasteiger partial charge on any atom is 0.355 e. The molecule has 7 nitrogen and oxygen atoms in total. The molecule has 0 amide bonds. The lowest BCUT2D eigenvalue weighted by Gasteiger charge is -2.11. The van der Waals surface area contributed by atoms with Crippen LogP contribution in [0, 0.1) is 13.8 Å². The maximum atomic E-state index is 13.3. The molecule has 0 saturated carbocycles. The summed E-state index contributed by atoms with van der Waals surface area (Å²) in [5.41, 5.74) is 6.26. The zero-order valence-corrected chi connectivity index (χ0v) is 24.3. The summed E-state index contributed by atoms with van der Waals surface area (Å²) in [4.78, 5) is 13.3. The minimum Gasteiger partial charge on any atom is -0.493 e. The van der Waals surface area contributed by atoms with Crippen LogP contribution in [-0.4, -0.2) is 38.6 Å². The van der Waals surface area contributed by atoms with E-state index in [1.165, 1.54) is 0 Å². The van der Waals surface area contributed by atoms with E-state index in [-0.39, 0.29) is 19.2 Å². The number of aryl methyl sites for hydroxylation is 4. The molecule has 0 aliphatic carbocycles. The molecule has 8 heteroatoms. The number of hydrogen-bond donors (Lipinski definition) is 1. The largest absolute Gasteiger partial charge is 0.493 e. The van der Waals surface area contributed by atoms with Crippen LogP contribution < -0.4 is 4.74 Å². The highest BCUT2D eigenvalue weighted by molar-refractivity contribution is 6.35. The predicted molar refractivity (Wildman–Crippen MR) is 159 cm³/mol. The molecule has 0 aliphatic heterocycles. The summed E-state index contributed by atoms with van der Waals surface area (Å²) in [6, 6.07) is 16.2. The van der Waals surface area contributed by atoms with Crippen molar-refractivity contribution in [3.8, 4) is 16.9 Å². The Bertz CT molecular complexity index is 1730. The van der Waals surface area contributed by atoms with Crippen molar-refractivity contribution < 1.29 is 19.4 Å². The highest BCUT2D eigenvalue weighted by Gasteiger charge is 2.27. The van der Waals surface area contributed by atoms with Gasteiger partial charge in [0.2, 0.25) is 0 Å². The average molecular weight is 560 g/mol. The number of nitrogens with zero attached hydrogens (tertiary/aromatic N) is 3. The Morgan fingerprint density at radius 2 is 1.82 bits per heavy atom. The summed E-state index contributed by atoms with van der Waals surface area (Å²) in [5, 5.41) is 18.2. The molecule has 0 unspecified atom stereocenters. The fourth-order valence-corrected chi connectivity index (χ4v) is 5.88. The van der Waals surface area contributed by atoms with Crippen LogP contribution in [-0.2, 0) is 31.9 Å². The molecule has 5 aromatic rings. The first kappa shape index (κ1) is 27.7. The number of benzene rings is 3. The summed E-state index contributed by atoms with van der Waals surface area (Å²) in [6.07, 6.45) is 1.30. The Labute approximate surface area is 238 Å². The molecule has 40 heavy (non-hydrogen) atoms. The number of carbonyl (C=O) groups excluding carboxylic acids is 1. The number of fused-ring (bicyclic) bond motifs is 2. The van der Waals surface area contributed by atoms with Crippen molar-refractivity contribution in [1.82, 2.24) is 14.3 Å². The average Bonchev–Trinajstić information content (AvgIpc) is 3.38. The minimum atomic E-state index is -0.380. The van der Waals surface area contributed by atoms with Crippen molar-refractivity contribution in [3.63, 3.8) is 0 Å². The SMILES string of the molecule is CCOC(=O)c1c(CCCOc2cc(C)cc3ccccc23)c2ccc(Cl)c(-c3c(CO)nn(C)c3C)c2n1C. The first-order valence-corrected chi connectivity index (χ1v) is 13.9. The summed E-state index contributed by atoms with van der Waals surface area (Å²) >= 11 is 6.81. The van der Waals surface area contributed by atoms with E-state index in [2.05, 4.69) is 36.3 Å². The number of esters is 1. The lowest BCUT2D eigenvalue weighted by molar-refractivity contribution is 0.0514. The van der Waals surface area contributed by atoms with Crippen LogP contribution in [0.25, 0.3) is 32.8 Å². The first-order chi connectivity index (χ1) is 19.3. The number of ether oxygens (including phenoxy) is 2. The molecule has 0 fully saturated rings. The molecule has 0 radical (unpaired) electrons. The number of halogens is 1. The molecule has 1 N–H and O–H groups in total. The zero-order chi connectivity index (χ0) is 28.6. The number of aromatic nitrogens is 3. The van der Waals surface area contributed by atoms with Gasteiger partial charge in [0.05, 0.1) is 36.1 Å². The molecule has 0 aliphatic rings. The van der Waals surface area contributed by atoms with E-state index in [4.69, 9.17) is 21.1 Å². The second kappa shape index (κ2) is 11.4. The summed E-state index contributed by atoms with van der Waals surface area (Å²) < 4.78 is 15.4. The molecule has 0 bridgehead atoms. The van der Waals surface area contributed by atoms with Gasteiger partial charge in [-0.2, -0.15) is 5.10 Å². The Morgan fingerprint density at radius 1 is 1.05 bits per heavy atom. The normalized spacial score (nSPS) is 11.5. The molecule has 208 valence electrons. The highest BCUT2D eigenvalue weighted by Crippen LogP contribution is 2.42. The van der Waals surface area contributed by atoms with Crippen molar-refractivity contribution in [2.45, 2.75) is 40.2 Å². The monoisotopic (exact) mass is 559 g/mol. The van der Waals surface area contributed by atoms with E-state index in [0.29, 0.717) is 35.9 Å². The van der Waals surface area contributed by atoms with E-state index in [1.54, 1.807) is 11.6 Å². The predicted octanol–water partition coefficient (Wildman–Crippen LogP) is 6.68. The van der Waals surface area contributed by atoms with Crippen molar-refractivity contribution in [2.75, 3.05) is 13.2 Å². The summed E-state index contributed by atoms with van der Waals surface area (Å²) in [6.45, 7) is 6.34. The summed E-state index contributed by atoms with van der Waals surface area (Å²) in [7, 11) is 3.70. The number of carbonyl (C=O) groups is 1. The third kappa shape index (κ3) is 4.84. The van der Waals surface area contributed by atoms with Crippen LogP contribution in [0.15, 0.2) is 48.5 Å². The molecule has 0 spiro atoms. The van der Waals surface area contributed by atoms with Crippen molar-refractivity contribution in [3.05, 3.63) is 81.8 Å². The van der Waals surface area contributed by atoms with Crippen LogP contribution in [0.2, 0.25) is 5.02 Å². The topological polar surface area (TPSA) is 78.5 Å². The number of aliphatic hydroxyl groups is 1. The van der Waals surface area contributed by atoms with Crippen molar-refractivity contribution in [2.24, 2.45) is 14.1 Å². The van der Waals surface area contributed by atoms with Crippen molar-refractivity contribution in [1.29, 1.82) is 0 Å².